The van der Waals surface area contributed by atoms with Gasteiger partial charge in [0.15, 0.2) is 0 Å². The lowest BCUT2D eigenvalue weighted by Crippen LogP contribution is -2.54. The average Bonchev–Trinajstić information content (AvgIpc) is 2.38. The molecule has 6 heteroatoms. The van der Waals surface area contributed by atoms with Gasteiger partial charge in [-0.1, -0.05) is 0 Å². The molecule has 0 saturated carbocycles. The van der Waals surface area contributed by atoms with Crippen molar-refractivity contribution in [3.05, 3.63) is 0 Å². The van der Waals surface area contributed by atoms with E-state index < -0.39 is 5.97 Å². The quantitative estimate of drug-likeness (QED) is 0.663. The van der Waals surface area contributed by atoms with Gasteiger partial charge in [0.1, 0.15) is 0 Å². The van der Waals surface area contributed by atoms with Gasteiger partial charge in [-0.25, -0.2) is 0 Å². The topological polar surface area (TPSA) is 65.0 Å². The van der Waals surface area contributed by atoms with Gasteiger partial charge in [-0.05, 0) is 0 Å². The highest BCUT2D eigenvalue weighted by molar-refractivity contribution is 5.67. The summed E-state index contributed by atoms with van der Waals surface area (Å²) in [7, 11) is 0. The molecule has 2 heterocycles. The van der Waals surface area contributed by atoms with Crippen molar-refractivity contribution in [2.45, 2.75) is 12.5 Å². The molecule has 18 heavy (non-hydrogen) atoms. The Morgan fingerprint density at radius 3 is 2.78 bits per heavy atom. The summed E-state index contributed by atoms with van der Waals surface area (Å²) in [6.45, 7) is 8.29. The van der Waals surface area contributed by atoms with E-state index in [1.54, 1.807) is 0 Å². The fourth-order valence-electron chi connectivity index (χ4n) is 2.59. The van der Waals surface area contributed by atoms with Crippen LogP contribution in [0, 0.1) is 0 Å². The van der Waals surface area contributed by atoms with Crippen molar-refractivity contribution in [3.8, 4) is 0 Å². The van der Waals surface area contributed by atoms with Gasteiger partial charge in [0.05, 0.1) is 19.6 Å². The highest BCUT2D eigenvalue weighted by Crippen LogP contribution is 2.08. The molecular weight excluding hydrogens is 234 g/mol. The number of hydrogen-bond acceptors (Lipinski definition) is 5. The van der Waals surface area contributed by atoms with E-state index in [0.717, 1.165) is 59.0 Å². The molecule has 0 aliphatic carbocycles. The fourth-order valence-corrected chi connectivity index (χ4v) is 2.59. The molecular formula is C12H23N3O3. The van der Waals surface area contributed by atoms with Crippen molar-refractivity contribution < 1.29 is 14.6 Å². The molecule has 0 bridgehead atoms. The van der Waals surface area contributed by atoms with E-state index in [2.05, 4.69) is 15.1 Å². The second-order valence-electron chi connectivity index (χ2n) is 4.95. The average molecular weight is 257 g/mol. The molecule has 1 unspecified atom stereocenters. The normalized spacial score (nSPS) is 27.2. The first-order valence-corrected chi connectivity index (χ1v) is 6.72. The second kappa shape index (κ2) is 7.04. The number of nitrogens with one attached hydrogen (secondary N) is 1. The molecule has 2 N–H and O–H groups in total. The van der Waals surface area contributed by atoms with Crippen LogP contribution in [-0.4, -0.2) is 85.9 Å². The Morgan fingerprint density at radius 1 is 1.28 bits per heavy atom. The maximum absolute atomic E-state index is 10.8. The SMILES string of the molecule is O=C(O)CC1CNCCN1CCN1CCOCC1. The number of nitrogens with zero attached hydrogens (tertiary/aromatic N) is 2. The van der Waals surface area contributed by atoms with E-state index in [-0.39, 0.29) is 12.5 Å². The molecule has 0 spiro atoms. The Bertz CT molecular complexity index is 269. The summed E-state index contributed by atoms with van der Waals surface area (Å²) in [5.41, 5.74) is 0. The van der Waals surface area contributed by atoms with Crippen LogP contribution in [0.15, 0.2) is 0 Å². The van der Waals surface area contributed by atoms with Crippen molar-refractivity contribution in [1.82, 2.24) is 15.1 Å². The highest BCUT2D eigenvalue weighted by Gasteiger charge is 2.24. The summed E-state index contributed by atoms with van der Waals surface area (Å²) in [6.07, 6.45) is 0.232. The van der Waals surface area contributed by atoms with Crippen LogP contribution >= 0.6 is 0 Å². The minimum absolute atomic E-state index is 0.136. The van der Waals surface area contributed by atoms with Crippen molar-refractivity contribution in [3.63, 3.8) is 0 Å². The van der Waals surface area contributed by atoms with E-state index in [9.17, 15) is 4.79 Å². The van der Waals surface area contributed by atoms with Crippen LogP contribution < -0.4 is 5.32 Å². The number of aliphatic carboxylic acids is 1. The molecule has 6 nitrogen and oxygen atoms in total. The van der Waals surface area contributed by atoms with Crippen LogP contribution in [0.3, 0.4) is 0 Å². The zero-order chi connectivity index (χ0) is 12.8. The van der Waals surface area contributed by atoms with E-state index >= 15 is 0 Å². The van der Waals surface area contributed by atoms with Crippen LogP contribution in [0.4, 0.5) is 0 Å². The lowest BCUT2D eigenvalue weighted by atomic mass is 10.1. The predicted molar refractivity (Wildman–Crippen MR) is 67.7 cm³/mol. The van der Waals surface area contributed by atoms with Crippen LogP contribution in [0.5, 0.6) is 0 Å². The van der Waals surface area contributed by atoms with Gasteiger partial charge in [-0.2, -0.15) is 0 Å². The molecule has 1 atom stereocenters. The Labute approximate surface area is 108 Å². The third kappa shape index (κ3) is 4.20. The standard InChI is InChI=1S/C12H23N3O3/c16-12(17)9-11-10-13-1-2-15(11)4-3-14-5-7-18-8-6-14/h11,13H,1-10H2,(H,16,17). The Balaban J connectivity index is 1.75. The van der Waals surface area contributed by atoms with Crippen molar-refractivity contribution >= 4 is 5.97 Å². The van der Waals surface area contributed by atoms with Crippen molar-refractivity contribution in [2.24, 2.45) is 0 Å². The number of piperazine rings is 1. The van der Waals surface area contributed by atoms with Crippen molar-refractivity contribution in [1.29, 1.82) is 0 Å². The number of morpholine rings is 1. The number of carboxylic acid groups (broad SMARTS) is 1. The molecule has 2 aliphatic heterocycles. The van der Waals surface area contributed by atoms with Gasteiger partial charge in [0, 0.05) is 51.9 Å². The number of rotatable bonds is 5. The van der Waals surface area contributed by atoms with Gasteiger partial charge in [0.25, 0.3) is 0 Å². The van der Waals surface area contributed by atoms with Crippen LogP contribution in [-0.2, 0) is 9.53 Å². The number of ether oxygens (including phenoxy) is 1. The summed E-state index contributed by atoms with van der Waals surface area (Å²) >= 11 is 0. The third-order valence-corrected chi connectivity index (χ3v) is 3.69. The van der Waals surface area contributed by atoms with Gasteiger partial charge in [0.2, 0.25) is 0 Å². The Morgan fingerprint density at radius 2 is 2.06 bits per heavy atom. The lowest BCUT2D eigenvalue weighted by molar-refractivity contribution is -0.138. The molecule has 0 aromatic carbocycles. The molecule has 0 aromatic heterocycles. The lowest BCUT2D eigenvalue weighted by Gasteiger charge is -2.37. The second-order valence-corrected chi connectivity index (χ2v) is 4.95. The summed E-state index contributed by atoms with van der Waals surface area (Å²) in [4.78, 5) is 15.5. The summed E-state index contributed by atoms with van der Waals surface area (Å²) in [5, 5.41) is 12.2. The third-order valence-electron chi connectivity index (χ3n) is 3.69. The van der Waals surface area contributed by atoms with Crippen LogP contribution in [0.2, 0.25) is 0 Å². The maximum Gasteiger partial charge on any atom is 0.304 e. The predicted octanol–water partition coefficient (Wildman–Crippen LogP) is -0.933. The molecule has 2 rings (SSSR count). The number of carboxylic acids is 1. The molecule has 2 fully saturated rings. The first kappa shape index (κ1) is 13.7. The first-order chi connectivity index (χ1) is 8.75. The van der Waals surface area contributed by atoms with Gasteiger partial charge in [-0.3, -0.25) is 14.6 Å². The highest BCUT2D eigenvalue weighted by atomic mass is 16.5. The van der Waals surface area contributed by atoms with Gasteiger partial charge < -0.3 is 15.2 Å². The summed E-state index contributed by atoms with van der Waals surface area (Å²) in [6, 6.07) is 0.136. The summed E-state index contributed by atoms with van der Waals surface area (Å²) < 4.78 is 5.32. The Kier molecular flexibility index (Phi) is 5.37. The molecule has 104 valence electrons. The molecule has 0 radical (unpaired) electrons. The zero-order valence-electron chi connectivity index (χ0n) is 10.8. The van der Waals surface area contributed by atoms with E-state index in [1.165, 1.54) is 0 Å². The number of carbonyl (C=O) groups is 1. The molecule has 2 aliphatic rings. The molecule has 2 saturated heterocycles. The minimum Gasteiger partial charge on any atom is -0.481 e. The van der Waals surface area contributed by atoms with E-state index in [0.29, 0.717) is 0 Å². The fraction of sp³-hybridized carbons (Fsp3) is 0.917. The van der Waals surface area contributed by atoms with E-state index in [1.807, 2.05) is 0 Å². The van der Waals surface area contributed by atoms with Crippen LogP contribution in [0.25, 0.3) is 0 Å². The smallest absolute Gasteiger partial charge is 0.304 e. The van der Waals surface area contributed by atoms with Crippen LogP contribution in [0.1, 0.15) is 6.42 Å². The Hall–Kier alpha value is -0.690. The molecule has 0 aromatic rings. The maximum atomic E-state index is 10.8. The summed E-state index contributed by atoms with van der Waals surface area (Å²) in [5.74, 6) is -0.708. The first-order valence-electron chi connectivity index (χ1n) is 6.72. The number of hydrogen-bond donors (Lipinski definition) is 2. The minimum atomic E-state index is -0.708. The molecule has 0 amide bonds. The van der Waals surface area contributed by atoms with Crippen molar-refractivity contribution in [2.75, 3.05) is 59.0 Å². The van der Waals surface area contributed by atoms with E-state index in [4.69, 9.17) is 9.84 Å². The van der Waals surface area contributed by atoms with Gasteiger partial charge >= 0.3 is 5.97 Å². The monoisotopic (exact) mass is 257 g/mol. The zero-order valence-corrected chi connectivity index (χ0v) is 10.8. The largest absolute Gasteiger partial charge is 0.481 e. The van der Waals surface area contributed by atoms with Gasteiger partial charge in [-0.15, -0.1) is 0 Å².